The third kappa shape index (κ3) is 6.37. The van der Waals surface area contributed by atoms with Crippen molar-refractivity contribution in [3.05, 3.63) is 21.7 Å². The Hall–Kier alpha value is -0.240. The molecule has 1 rings (SSSR count). The monoisotopic (exact) mass is 347 g/mol. The molecular weight excluding hydrogens is 334 g/mol. The summed E-state index contributed by atoms with van der Waals surface area (Å²) < 4.78 is 41.5. The highest BCUT2D eigenvalue weighted by Gasteiger charge is 2.25. The number of hydrogen-bond acceptors (Lipinski definition) is 2. The number of rotatable bonds is 6. The summed E-state index contributed by atoms with van der Waals surface area (Å²) in [4.78, 5) is 0. The number of furan rings is 1. The van der Waals surface area contributed by atoms with Gasteiger partial charge in [0.1, 0.15) is 5.76 Å². The fourth-order valence-corrected chi connectivity index (χ4v) is 1.70. The second kappa shape index (κ2) is 6.48. The zero-order chi connectivity index (χ0) is 12.0. The predicted octanol–water partition coefficient (Wildman–Crippen LogP) is 3.71. The van der Waals surface area contributed by atoms with Gasteiger partial charge in [-0.25, -0.2) is 0 Å². The molecule has 0 bridgehead atoms. The van der Waals surface area contributed by atoms with Crippen molar-refractivity contribution >= 4 is 22.6 Å². The minimum Gasteiger partial charge on any atom is -0.454 e. The van der Waals surface area contributed by atoms with E-state index in [1.165, 1.54) is 0 Å². The second-order valence-electron chi connectivity index (χ2n) is 3.45. The highest BCUT2D eigenvalue weighted by Crippen LogP contribution is 2.21. The average molecular weight is 347 g/mol. The lowest BCUT2D eigenvalue weighted by molar-refractivity contribution is -0.135. The molecule has 0 aliphatic rings. The van der Waals surface area contributed by atoms with E-state index in [-0.39, 0.29) is 6.42 Å². The van der Waals surface area contributed by atoms with Crippen LogP contribution in [0.25, 0.3) is 0 Å². The molecule has 0 aliphatic heterocycles. The van der Waals surface area contributed by atoms with E-state index in [4.69, 9.17) is 4.42 Å². The minimum absolute atomic E-state index is 0.173. The van der Waals surface area contributed by atoms with Crippen molar-refractivity contribution in [2.24, 2.45) is 0 Å². The van der Waals surface area contributed by atoms with Gasteiger partial charge in [-0.15, -0.1) is 0 Å². The third-order valence-corrected chi connectivity index (χ3v) is 2.57. The first-order valence-electron chi connectivity index (χ1n) is 4.99. The number of hydrogen-bond donors (Lipinski definition) is 1. The molecule has 0 radical (unpaired) electrons. The lowest BCUT2D eigenvalue weighted by Gasteiger charge is -2.06. The summed E-state index contributed by atoms with van der Waals surface area (Å²) in [5.41, 5.74) is 0. The van der Waals surface area contributed by atoms with E-state index < -0.39 is 12.6 Å². The summed E-state index contributed by atoms with van der Waals surface area (Å²) >= 11 is 2.06. The van der Waals surface area contributed by atoms with Crippen LogP contribution in [-0.2, 0) is 6.54 Å². The average Bonchev–Trinajstić information content (AvgIpc) is 2.56. The summed E-state index contributed by atoms with van der Waals surface area (Å²) in [7, 11) is 0. The number of unbranched alkanes of at least 4 members (excludes halogenated alkanes) is 1. The molecule has 0 aromatic carbocycles. The fraction of sp³-hybridized carbons (Fsp3) is 0.600. The van der Waals surface area contributed by atoms with E-state index in [0.717, 1.165) is 9.53 Å². The maximum absolute atomic E-state index is 11.8. The van der Waals surface area contributed by atoms with Gasteiger partial charge in [0, 0.05) is 6.42 Å². The lowest BCUT2D eigenvalue weighted by atomic mass is 10.2. The van der Waals surface area contributed by atoms with Crippen LogP contribution in [0.3, 0.4) is 0 Å². The van der Waals surface area contributed by atoms with Crippen molar-refractivity contribution in [1.29, 1.82) is 0 Å². The molecule has 1 aromatic heterocycles. The first-order chi connectivity index (χ1) is 7.47. The van der Waals surface area contributed by atoms with Crippen LogP contribution in [0.15, 0.2) is 16.5 Å². The molecule has 0 spiro atoms. The first kappa shape index (κ1) is 13.8. The van der Waals surface area contributed by atoms with E-state index in [2.05, 4.69) is 27.9 Å². The Morgan fingerprint density at radius 3 is 2.56 bits per heavy atom. The Balaban J connectivity index is 2.00. The van der Waals surface area contributed by atoms with Gasteiger partial charge in [-0.1, -0.05) is 0 Å². The highest BCUT2D eigenvalue weighted by molar-refractivity contribution is 14.1. The number of nitrogens with one attached hydrogen (secondary N) is 1. The Morgan fingerprint density at radius 2 is 2.00 bits per heavy atom. The molecule has 0 fully saturated rings. The van der Waals surface area contributed by atoms with E-state index in [9.17, 15) is 13.2 Å². The van der Waals surface area contributed by atoms with Crippen molar-refractivity contribution in [2.45, 2.75) is 32.0 Å². The lowest BCUT2D eigenvalue weighted by Crippen LogP contribution is -2.15. The van der Waals surface area contributed by atoms with Gasteiger partial charge in [-0.3, -0.25) is 0 Å². The van der Waals surface area contributed by atoms with Gasteiger partial charge in [0.05, 0.1) is 6.54 Å². The Bertz CT molecular complexity index is 311. The standard InChI is InChI=1S/C10H13F3INO/c11-10(12,13)5-1-2-6-15-7-8-3-4-9(14)16-8/h3-4,15H,1-2,5-7H2. The van der Waals surface area contributed by atoms with Crippen LogP contribution in [0.2, 0.25) is 0 Å². The van der Waals surface area contributed by atoms with Crippen LogP contribution in [0.5, 0.6) is 0 Å². The topological polar surface area (TPSA) is 25.2 Å². The van der Waals surface area contributed by atoms with Gasteiger partial charge >= 0.3 is 6.18 Å². The largest absolute Gasteiger partial charge is 0.454 e. The smallest absolute Gasteiger partial charge is 0.389 e. The molecule has 1 heterocycles. The number of halogens is 4. The molecule has 16 heavy (non-hydrogen) atoms. The van der Waals surface area contributed by atoms with Gasteiger partial charge in [-0.2, -0.15) is 13.2 Å². The van der Waals surface area contributed by atoms with Crippen molar-refractivity contribution in [3.8, 4) is 0 Å². The van der Waals surface area contributed by atoms with Crippen molar-refractivity contribution < 1.29 is 17.6 Å². The third-order valence-electron chi connectivity index (χ3n) is 1.99. The van der Waals surface area contributed by atoms with Crippen LogP contribution >= 0.6 is 22.6 Å². The quantitative estimate of drug-likeness (QED) is 0.627. The zero-order valence-electron chi connectivity index (χ0n) is 8.61. The molecular formula is C10H13F3INO. The van der Waals surface area contributed by atoms with Gasteiger partial charge < -0.3 is 9.73 Å². The molecule has 0 amide bonds. The molecule has 2 nitrogen and oxygen atoms in total. The molecule has 0 unspecified atom stereocenters. The molecule has 0 atom stereocenters. The predicted molar refractivity (Wildman–Crippen MR) is 63.0 cm³/mol. The molecule has 1 aromatic rings. The summed E-state index contributed by atoms with van der Waals surface area (Å²) in [5.74, 6) is 0.806. The fourth-order valence-electron chi connectivity index (χ4n) is 1.23. The van der Waals surface area contributed by atoms with Crippen molar-refractivity contribution in [3.63, 3.8) is 0 Å². The van der Waals surface area contributed by atoms with E-state index >= 15 is 0 Å². The highest BCUT2D eigenvalue weighted by atomic mass is 127. The minimum atomic E-state index is -4.03. The van der Waals surface area contributed by atoms with Gasteiger partial charge in [0.15, 0.2) is 3.77 Å². The van der Waals surface area contributed by atoms with E-state index in [1.54, 1.807) is 0 Å². The maximum Gasteiger partial charge on any atom is 0.389 e. The molecule has 0 saturated heterocycles. The van der Waals surface area contributed by atoms with Crippen molar-refractivity contribution in [1.82, 2.24) is 5.32 Å². The van der Waals surface area contributed by atoms with E-state index in [0.29, 0.717) is 19.5 Å². The molecule has 92 valence electrons. The second-order valence-corrected chi connectivity index (χ2v) is 4.52. The summed E-state index contributed by atoms with van der Waals surface area (Å²) in [6, 6.07) is 3.70. The molecule has 6 heteroatoms. The molecule has 0 saturated carbocycles. The van der Waals surface area contributed by atoms with Crippen molar-refractivity contribution in [2.75, 3.05) is 6.54 Å². The first-order valence-corrected chi connectivity index (χ1v) is 6.07. The van der Waals surface area contributed by atoms with Crippen LogP contribution in [-0.4, -0.2) is 12.7 Å². The molecule has 1 N–H and O–H groups in total. The summed E-state index contributed by atoms with van der Waals surface area (Å²) in [6.07, 6.45) is -4.03. The normalized spacial score (nSPS) is 12.0. The van der Waals surface area contributed by atoms with Gasteiger partial charge in [0.2, 0.25) is 0 Å². The van der Waals surface area contributed by atoms with Crippen LogP contribution < -0.4 is 5.32 Å². The van der Waals surface area contributed by atoms with Crippen LogP contribution in [0.1, 0.15) is 25.0 Å². The van der Waals surface area contributed by atoms with E-state index in [1.807, 2.05) is 12.1 Å². The summed E-state index contributed by atoms with van der Waals surface area (Å²) in [6.45, 7) is 1.14. The summed E-state index contributed by atoms with van der Waals surface area (Å²) in [5, 5.41) is 3.04. The zero-order valence-corrected chi connectivity index (χ0v) is 10.8. The Kier molecular flexibility index (Phi) is 5.60. The maximum atomic E-state index is 11.8. The number of alkyl halides is 3. The van der Waals surface area contributed by atoms with Crippen LogP contribution in [0, 0.1) is 3.77 Å². The van der Waals surface area contributed by atoms with Crippen LogP contribution in [0.4, 0.5) is 13.2 Å². The SMILES string of the molecule is FC(F)(F)CCCCNCc1ccc(I)o1. The van der Waals surface area contributed by atoms with Gasteiger partial charge in [0.25, 0.3) is 0 Å². The Labute approximate surface area is 106 Å². The van der Waals surface area contributed by atoms with Gasteiger partial charge in [-0.05, 0) is 54.1 Å². The Morgan fingerprint density at radius 1 is 1.25 bits per heavy atom. The molecule has 0 aliphatic carbocycles.